The summed E-state index contributed by atoms with van der Waals surface area (Å²) in [7, 11) is 0. The second-order valence-electron chi connectivity index (χ2n) is 7.05. The van der Waals surface area contributed by atoms with Gasteiger partial charge in [0.05, 0.1) is 13.2 Å². The maximum absolute atomic E-state index is 5.80. The van der Waals surface area contributed by atoms with Gasteiger partial charge in [0, 0.05) is 13.1 Å². The lowest BCUT2D eigenvalue weighted by atomic mass is 9.49. The molecular weight excluding hydrogens is 210 g/mol. The molecule has 5 rings (SSSR count). The molecule has 0 amide bonds. The van der Waals surface area contributed by atoms with Crippen molar-refractivity contribution in [1.82, 2.24) is 5.32 Å². The van der Waals surface area contributed by atoms with Crippen LogP contribution in [0.4, 0.5) is 0 Å². The van der Waals surface area contributed by atoms with Crippen molar-refractivity contribution < 1.29 is 4.74 Å². The van der Waals surface area contributed by atoms with Gasteiger partial charge in [-0.05, 0) is 67.6 Å². The highest BCUT2D eigenvalue weighted by Crippen LogP contribution is 2.58. The maximum Gasteiger partial charge on any atom is 0.0591 e. The van der Waals surface area contributed by atoms with Crippen LogP contribution in [-0.2, 0) is 4.74 Å². The molecule has 0 aromatic rings. The van der Waals surface area contributed by atoms with Crippen molar-refractivity contribution in [1.29, 1.82) is 0 Å². The van der Waals surface area contributed by atoms with Crippen LogP contribution >= 0.6 is 0 Å². The fourth-order valence-electron chi connectivity index (χ4n) is 5.71. The Hall–Kier alpha value is -0.0800. The fourth-order valence-corrected chi connectivity index (χ4v) is 5.71. The normalized spacial score (nSPS) is 53.6. The standard InChI is InChI=1S/C15H25NO/c1-2-17-9-14(8-16-1)15-12-4-10-3-11(6-12)7-13(15)5-10/h10-16H,1-9H2. The van der Waals surface area contributed by atoms with E-state index >= 15 is 0 Å². The SMILES string of the molecule is C1COCC(C2C3CC4CC(C3)CC2C4)CN1. The third-order valence-electron chi connectivity index (χ3n) is 6.01. The van der Waals surface area contributed by atoms with E-state index in [1.165, 1.54) is 6.54 Å². The molecule has 0 radical (unpaired) electrons. The lowest BCUT2D eigenvalue weighted by Crippen LogP contribution is -2.49. The molecule has 0 spiro atoms. The summed E-state index contributed by atoms with van der Waals surface area (Å²) in [4.78, 5) is 0. The van der Waals surface area contributed by atoms with Crippen molar-refractivity contribution in [3.8, 4) is 0 Å². The Morgan fingerprint density at radius 1 is 0.824 bits per heavy atom. The van der Waals surface area contributed by atoms with Crippen molar-refractivity contribution in [2.45, 2.75) is 32.1 Å². The molecule has 1 heterocycles. The van der Waals surface area contributed by atoms with Crippen LogP contribution < -0.4 is 5.32 Å². The summed E-state index contributed by atoms with van der Waals surface area (Å²) in [6, 6.07) is 0. The summed E-state index contributed by atoms with van der Waals surface area (Å²) < 4.78 is 5.80. The maximum atomic E-state index is 5.80. The molecule has 4 saturated carbocycles. The first kappa shape index (κ1) is 10.8. The third kappa shape index (κ3) is 1.84. The Bertz CT molecular complexity index is 255. The average molecular weight is 235 g/mol. The van der Waals surface area contributed by atoms with E-state index < -0.39 is 0 Å². The van der Waals surface area contributed by atoms with Crippen molar-refractivity contribution in [3.05, 3.63) is 0 Å². The van der Waals surface area contributed by atoms with Crippen molar-refractivity contribution >= 4 is 0 Å². The van der Waals surface area contributed by atoms with E-state index in [1.807, 2.05) is 0 Å². The van der Waals surface area contributed by atoms with E-state index in [0.717, 1.165) is 55.3 Å². The summed E-state index contributed by atoms with van der Waals surface area (Å²) >= 11 is 0. The van der Waals surface area contributed by atoms with Gasteiger partial charge in [-0.25, -0.2) is 0 Å². The van der Waals surface area contributed by atoms with E-state index in [2.05, 4.69) is 5.32 Å². The molecule has 17 heavy (non-hydrogen) atoms. The Morgan fingerprint density at radius 3 is 2.24 bits per heavy atom. The quantitative estimate of drug-likeness (QED) is 0.753. The second kappa shape index (κ2) is 4.24. The number of ether oxygens (including phenoxy) is 1. The minimum atomic E-state index is 0.812. The van der Waals surface area contributed by atoms with E-state index in [1.54, 1.807) is 32.1 Å². The van der Waals surface area contributed by atoms with Crippen LogP contribution in [0.2, 0.25) is 0 Å². The zero-order valence-electron chi connectivity index (χ0n) is 10.7. The Kier molecular flexibility index (Phi) is 2.69. The van der Waals surface area contributed by atoms with Gasteiger partial charge in [0.25, 0.3) is 0 Å². The summed E-state index contributed by atoms with van der Waals surface area (Å²) in [5.74, 6) is 6.13. The van der Waals surface area contributed by atoms with Gasteiger partial charge in [-0.15, -0.1) is 0 Å². The predicted molar refractivity (Wildman–Crippen MR) is 67.7 cm³/mol. The smallest absolute Gasteiger partial charge is 0.0591 e. The molecule has 5 fully saturated rings. The molecule has 1 atom stereocenters. The predicted octanol–water partition coefficient (Wildman–Crippen LogP) is 2.29. The topological polar surface area (TPSA) is 21.3 Å². The summed E-state index contributed by atoms with van der Waals surface area (Å²) in [5.41, 5.74) is 0. The zero-order chi connectivity index (χ0) is 11.2. The highest BCUT2D eigenvalue weighted by Gasteiger charge is 2.50. The Morgan fingerprint density at radius 2 is 1.53 bits per heavy atom. The molecule has 2 heteroatoms. The van der Waals surface area contributed by atoms with E-state index in [-0.39, 0.29) is 0 Å². The average Bonchev–Trinajstić information content (AvgIpc) is 2.56. The molecule has 4 aliphatic carbocycles. The van der Waals surface area contributed by atoms with Gasteiger partial charge in [-0.1, -0.05) is 0 Å². The minimum Gasteiger partial charge on any atom is -0.380 e. The van der Waals surface area contributed by atoms with Crippen molar-refractivity contribution in [2.75, 3.05) is 26.3 Å². The molecule has 5 aliphatic rings. The highest BCUT2D eigenvalue weighted by molar-refractivity contribution is 5.00. The first-order valence-electron chi connectivity index (χ1n) is 7.68. The van der Waals surface area contributed by atoms with E-state index in [4.69, 9.17) is 4.74 Å². The van der Waals surface area contributed by atoms with Crippen LogP contribution in [0.1, 0.15) is 32.1 Å². The number of nitrogens with one attached hydrogen (secondary N) is 1. The van der Waals surface area contributed by atoms with Gasteiger partial charge in [-0.2, -0.15) is 0 Å². The first-order chi connectivity index (χ1) is 8.40. The monoisotopic (exact) mass is 235 g/mol. The number of hydrogen-bond acceptors (Lipinski definition) is 2. The van der Waals surface area contributed by atoms with Crippen LogP contribution in [-0.4, -0.2) is 26.3 Å². The number of rotatable bonds is 1. The van der Waals surface area contributed by atoms with Crippen LogP contribution in [0, 0.1) is 35.5 Å². The van der Waals surface area contributed by atoms with Gasteiger partial charge >= 0.3 is 0 Å². The van der Waals surface area contributed by atoms with E-state index in [0.29, 0.717) is 0 Å². The Labute approximate surface area is 104 Å². The minimum absolute atomic E-state index is 0.812. The van der Waals surface area contributed by atoms with E-state index in [9.17, 15) is 0 Å². The van der Waals surface area contributed by atoms with Gasteiger partial charge in [0.15, 0.2) is 0 Å². The summed E-state index contributed by atoms with van der Waals surface area (Å²) in [6.45, 7) is 4.22. The van der Waals surface area contributed by atoms with Gasteiger partial charge < -0.3 is 10.1 Å². The first-order valence-corrected chi connectivity index (χ1v) is 7.68. The molecule has 1 saturated heterocycles. The van der Waals surface area contributed by atoms with Crippen LogP contribution in [0.15, 0.2) is 0 Å². The Balaban J connectivity index is 1.53. The van der Waals surface area contributed by atoms with Crippen LogP contribution in [0.3, 0.4) is 0 Å². The molecule has 2 nitrogen and oxygen atoms in total. The molecule has 0 aromatic heterocycles. The number of hydrogen-bond donors (Lipinski definition) is 1. The van der Waals surface area contributed by atoms with Crippen LogP contribution in [0.5, 0.6) is 0 Å². The van der Waals surface area contributed by atoms with Crippen LogP contribution in [0.25, 0.3) is 0 Å². The molecule has 1 aliphatic heterocycles. The second-order valence-corrected chi connectivity index (χ2v) is 7.05. The van der Waals surface area contributed by atoms with Gasteiger partial charge in [-0.3, -0.25) is 0 Å². The van der Waals surface area contributed by atoms with Gasteiger partial charge in [0.2, 0.25) is 0 Å². The molecular formula is C15H25NO. The molecule has 4 bridgehead atoms. The van der Waals surface area contributed by atoms with Crippen molar-refractivity contribution in [3.63, 3.8) is 0 Å². The molecule has 96 valence electrons. The lowest BCUT2D eigenvalue weighted by Gasteiger charge is -2.56. The third-order valence-corrected chi connectivity index (χ3v) is 6.01. The highest BCUT2D eigenvalue weighted by atomic mass is 16.5. The zero-order valence-corrected chi connectivity index (χ0v) is 10.7. The fraction of sp³-hybridized carbons (Fsp3) is 1.00. The molecule has 1 unspecified atom stereocenters. The molecule has 0 aromatic carbocycles. The lowest BCUT2D eigenvalue weighted by molar-refractivity contribution is -0.0725. The largest absolute Gasteiger partial charge is 0.380 e. The summed E-state index contributed by atoms with van der Waals surface area (Å²) in [5, 5.41) is 3.58. The van der Waals surface area contributed by atoms with Gasteiger partial charge in [0.1, 0.15) is 0 Å². The molecule has 1 N–H and O–H groups in total. The summed E-state index contributed by atoms with van der Waals surface area (Å²) in [6.07, 6.45) is 7.77. The van der Waals surface area contributed by atoms with Crippen molar-refractivity contribution in [2.24, 2.45) is 35.5 Å².